The second kappa shape index (κ2) is 7.91. The number of benzene rings is 1. The average molecular weight is 290 g/mol. The monoisotopic (exact) mass is 289 g/mol. The molecule has 1 aromatic rings. The van der Waals surface area contributed by atoms with Crippen molar-refractivity contribution >= 4 is 24.1 Å². The Morgan fingerprint density at radius 2 is 2.00 bits per heavy atom. The molecule has 0 spiro atoms. The standard InChI is InChI=1S/C17H20ClNO/c18-17-8-6-16(7-9-17)11-13-19(14-20)12-10-15-4-2-1-3-5-15/h4,6-9,11,13-14H,1-3,5,10,12H2/b13-11+. The Kier molecular flexibility index (Phi) is 5.87. The molecule has 0 saturated heterocycles. The van der Waals surface area contributed by atoms with Crippen LogP contribution in [0.5, 0.6) is 0 Å². The number of halogens is 1. The van der Waals surface area contributed by atoms with E-state index in [1.54, 1.807) is 4.90 Å². The Hall–Kier alpha value is -1.54. The van der Waals surface area contributed by atoms with Crippen molar-refractivity contribution in [1.29, 1.82) is 0 Å². The maximum Gasteiger partial charge on any atom is 0.213 e. The number of allylic oxidation sites excluding steroid dienone is 1. The maximum absolute atomic E-state index is 11.1. The van der Waals surface area contributed by atoms with Gasteiger partial charge in [0, 0.05) is 17.8 Å². The van der Waals surface area contributed by atoms with Crippen molar-refractivity contribution in [2.45, 2.75) is 32.1 Å². The lowest BCUT2D eigenvalue weighted by Crippen LogP contribution is -2.17. The van der Waals surface area contributed by atoms with Gasteiger partial charge >= 0.3 is 0 Å². The first-order valence-electron chi connectivity index (χ1n) is 7.10. The predicted molar refractivity (Wildman–Crippen MR) is 84.4 cm³/mol. The summed E-state index contributed by atoms with van der Waals surface area (Å²) in [5.74, 6) is 0. The molecule has 1 aromatic carbocycles. The lowest BCUT2D eigenvalue weighted by atomic mass is 9.97. The van der Waals surface area contributed by atoms with E-state index < -0.39 is 0 Å². The lowest BCUT2D eigenvalue weighted by Gasteiger charge is -2.16. The maximum atomic E-state index is 11.1. The summed E-state index contributed by atoms with van der Waals surface area (Å²) in [6, 6.07) is 7.57. The molecule has 0 aromatic heterocycles. The third kappa shape index (κ3) is 4.86. The molecule has 0 heterocycles. The fourth-order valence-electron chi connectivity index (χ4n) is 2.32. The van der Waals surface area contributed by atoms with Crippen LogP contribution in [0.15, 0.2) is 42.1 Å². The van der Waals surface area contributed by atoms with Gasteiger partial charge in [0.15, 0.2) is 0 Å². The fourth-order valence-corrected chi connectivity index (χ4v) is 2.45. The zero-order chi connectivity index (χ0) is 14.2. The summed E-state index contributed by atoms with van der Waals surface area (Å²) in [4.78, 5) is 12.8. The number of carbonyl (C=O) groups excluding carboxylic acids is 1. The number of hydrogen-bond donors (Lipinski definition) is 0. The van der Waals surface area contributed by atoms with E-state index in [4.69, 9.17) is 11.6 Å². The molecule has 1 amide bonds. The number of nitrogens with zero attached hydrogens (tertiary/aromatic N) is 1. The van der Waals surface area contributed by atoms with Crippen molar-refractivity contribution in [3.8, 4) is 0 Å². The average Bonchev–Trinajstić information content (AvgIpc) is 2.50. The van der Waals surface area contributed by atoms with E-state index in [1.165, 1.54) is 31.3 Å². The Morgan fingerprint density at radius 3 is 2.65 bits per heavy atom. The van der Waals surface area contributed by atoms with Gasteiger partial charge in [0.25, 0.3) is 0 Å². The van der Waals surface area contributed by atoms with Crippen molar-refractivity contribution in [2.75, 3.05) is 6.54 Å². The summed E-state index contributed by atoms with van der Waals surface area (Å²) >= 11 is 5.84. The molecular weight excluding hydrogens is 270 g/mol. The van der Waals surface area contributed by atoms with Gasteiger partial charge in [0.2, 0.25) is 6.41 Å². The van der Waals surface area contributed by atoms with E-state index in [-0.39, 0.29) is 0 Å². The quantitative estimate of drug-likeness (QED) is 0.551. The first-order chi connectivity index (χ1) is 9.78. The molecule has 3 heteroatoms. The third-order valence-electron chi connectivity index (χ3n) is 3.54. The summed E-state index contributed by atoms with van der Waals surface area (Å²) < 4.78 is 0. The van der Waals surface area contributed by atoms with Crippen LogP contribution in [-0.4, -0.2) is 17.9 Å². The SMILES string of the molecule is O=CN(/C=C/c1ccc(Cl)cc1)CCC1=CCCCC1. The first-order valence-corrected chi connectivity index (χ1v) is 7.48. The molecule has 0 bridgehead atoms. The smallest absolute Gasteiger partial charge is 0.213 e. The number of carbonyl (C=O) groups is 1. The Morgan fingerprint density at radius 1 is 1.20 bits per heavy atom. The van der Waals surface area contributed by atoms with E-state index in [2.05, 4.69) is 6.08 Å². The van der Waals surface area contributed by atoms with Crippen molar-refractivity contribution < 1.29 is 4.79 Å². The minimum atomic E-state index is 0.721. The molecule has 0 saturated carbocycles. The summed E-state index contributed by atoms with van der Waals surface area (Å²) in [6.07, 6.45) is 12.9. The van der Waals surface area contributed by atoms with Crippen LogP contribution >= 0.6 is 11.6 Å². The zero-order valence-electron chi connectivity index (χ0n) is 11.6. The second-order valence-electron chi connectivity index (χ2n) is 5.07. The number of rotatable bonds is 6. The molecule has 1 aliphatic carbocycles. The van der Waals surface area contributed by atoms with Gasteiger partial charge in [0.1, 0.15) is 0 Å². The summed E-state index contributed by atoms with van der Waals surface area (Å²) in [6.45, 7) is 0.749. The Bertz CT molecular complexity index is 490. The van der Waals surface area contributed by atoms with E-state index in [9.17, 15) is 4.79 Å². The highest BCUT2D eigenvalue weighted by Crippen LogP contribution is 2.20. The van der Waals surface area contributed by atoms with Gasteiger partial charge in [-0.1, -0.05) is 35.4 Å². The largest absolute Gasteiger partial charge is 0.321 e. The first kappa shape index (κ1) is 14.9. The molecule has 2 rings (SSSR count). The van der Waals surface area contributed by atoms with Crippen molar-refractivity contribution in [3.63, 3.8) is 0 Å². The number of amides is 1. The summed E-state index contributed by atoms with van der Waals surface area (Å²) in [7, 11) is 0. The van der Waals surface area contributed by atoms with E-state index in [0.717, 1.165) is 30.0 Å². The van der Waals surface area contributed by atoms with Gasteiger partial charge < -0.3 is 4.90 Å². The van der Waals surface area contributed by atoms with Gasteiger partial charge in [0.05, 0.1) is 0 Å². The molecule has 0 unspecified atom stereocenters. The molecule has 0 aliphatic heterocycles. The minimum absolute atomic E-state index is 0.721. The van der Waals surface area contributed by atoms with Crippen molar-refractivity contribution in [2.24, 2.45) is 0 Å². The van der Waals surface area contributed by atoms with Crippen molar-refractivity contribution in [3.05, 3.63) is 52.7 Å². The molecule has 0 fully saturated rings. The normalized spacial score (nSPS) is 15.2. The van der Waals surface area contributed by atoms with Crippen LogP contribution in [0.25, 0.3) is 6.08 Å². The van der Waals surface area contributed by atoms with Gasteiger partial charge in [-0.15, -0.1) is 0 Å². The Balaban J connectivity index is 1.86. The molecule has 0 N–H and O–H groups in total. The summed E-state index contributed by atoms with van der Waals surface area (Å²) in [5, 5.41) is 0.721. The van der Waals surface area contributed by atoms with Crippen LogP contribution in [0.3, 0.4) is 0 Å². The predicted octanol–water partition coefficient (Wildman–Crippen LogP) is 4.66. The van der Waals surface area contributed by atoms with Crippen LogP contribution in [-0.2, 0) is 4.79 Å². The van der Waals surface area contributed by atoms with Crippen LogP contribution < -0.4 is 0 Å². The molecule has 106 valence electrons. The molecule has 20 heavy (non-hydrogen) atoms. The zero-order valence-corrected chi connectivity index (χ0v) is 12.4. The lowest BCUT2D eigenvalue weighted by molar-refractivity contribution is -0.115. The molecule has 0 atom stereocenters. The van der Waals surface area contributed by atoms with E-state index in [0.29, 0.717) is 0 Å². The van der Waals surface area contributed by atoms with Gasteiger partial charge in [-0.25, -0.2) is 0 Å². The minimum Gasteiger partial charge on any atom is -0.321 e. The molecule has 2 nitrogen and oxygen atoms in total. The van der Waals surface area contributed by atoms with Crippen LogP contribution in [0.1, 0.15) is 37.7 Å². The third-order valence-corrected chi connectivity index (χ3v) is 3.79. The highest BCUT2D eigenvalue weighted by atomic mass is 35.5. The fraction of sp³-hybridized carbons (Fsp3) is 0.353. The topological polar surface area (TPSA) is 20.3 Å². The van der Waals surface area contributed by atoms with E-state index in [1.807, 2.05) is 36.5 Å². The van der Waals surface area contributed by atoms with Crippen molar-refractivity contribution in [1.82, 2.24) is 4.90 Å². The molecular formula is C17H20ClNO. The van der Waals surface area contributed by atoms with E-state index >= 15 is 0 Å². The van der Waals surface area contributed by atoms with Gasteiger partial charge in [-0.05, 0) is 55.9 Å². The van der Waals surface area contributed by atoms with Crippen LogP contribution in [0.4, 0.5) is 0 Å². The molecule has 1 aliphatic rings. The molecule has 0 radical (unpaired) electrons. The van der Waals surface area contributed by atoms with Crippen LogP contribution in [0.2, 0.25) is 5.02 Å². The number of hydrogen-bond acceptors (Lipinski definition) is 1. The Labute approximate surface area is 125 Å². The highest BCUT2D eigenvalue weighted by Gasteiger charge is 2.05. The summed E-state index contributed by atoms with van der Waals surface area (Å²) in [5.41, 5.74) is 2.53. The van der Waals surface area contributed by atoms with Gasteiger partial charge in [-0.2, -0.15) is 0 Å². The second-order valence-corrected chi connectivity index (χ2v) is 5.51. The van der Waals surface area contributed by atoms with Crippen LogP contribution in [0, 0.1) is 0 Å². The van der Waals surface area contributed by atoms with Gasteiger partial charge in [-0.3, -0.25) is 4.79 Å². The highest BCUT2D eigenvalue weighted by molar-refractivity contribution is 6.30.